The van der Waals surface area contributed by atoms with Crippen LogP contribution in [-0.4, -0.2) is 83.2 Å². The minimum atomic E-state index is -1.35. The zero-order valence-corrected chi connectivity index (χ0v) is 23.4. The number of nitrogens with zero attached hydrogens (tertiary/aromatic N) is 3. The molecule has 8 heteroatoms. The summed E-state index contributed by atoms with van der Waals surface area (Å²) in [6.07, 6.45) is 7.18. The van der Waals surface area contributed by atoms with Gasteiger partial charge in [-0.25, -0.2) is 0 Å². The van der Waals surface area contributed by atoms with Crippen LogP contribution in [0.4, 0.5) is 5.69 Å². The van der Waals surface area contributed by atoms with Crippen molar-refractivity contribution in [3.8, 4) is 0 Å². The molecule has 4 heterocycles. The molecule has 0 aromatic heterocycles. The van der Waals surface area contributed by atoms with Gasteiger partial charge in [0.15, 0.2) is 0 Å². The first-order valence-electron chi connectivity index (χ1n) is 14.5. The van der Waals surface area contributed by atoms with Crippen LogP contribution in [0.3, 0.4) is 0 Å². The van der Waals surface area contributed by atoms with E-state index in [1.54, 1.807) is 16.8 Å². The first-order valence-corrected chi connectivity index (χ1v) is 14.5. The van der Waals surface area contributed by atoms with Crippen molar-refractivity contribution < 1.29 is 24.2 Å². The van der Waals surface area contributed by atoms with E-state index in [1.807, 2.05) is 97.1 Å². The SMILES string of the molecule is CN1CC=C[C@H]2O[C@]34C=CCN(c5ccc6ccccc6c5)C(=O)C3N([C@@H](CO)Cc3ccccc3)C(=O)[C@@H]4[C@H]2C1=O. The van der Waals surface area contributed by atoms with Crippen molar-refractivity contribution in [2.75, 3.05) is 31.6 Å². The Balaban J connectivity index is 1.35. The van der Waals surface area contributed by atoms with Crippen molar-refractivity contribution in [3.63, 3.8) is 0 Å². The van der Waals surface area contributed by atoms with E-state index in [9.17, 15) is 19.5 Å². The summed E-state index contributed by atoms with van der Waals surface area (Å²) in [4.78, 5) is 47.8. The molecule has 8 nitrogen and oxygen atoms in total. The molecule has 7 rings (SSSR count). The van der Waals surface area contributed by atoms with Crippen LogP contribution < -0.4 is 4.90 Å². The summed E-state index contributed by atoms with van der Waals surface area (Å²) < 4.78 is 6.72. The number of aliphatic hydroxyl groups is 1. The molecule has 0 aliphatic carbocycles. The van der Waals surface area contributed by atoms with Gasteiger partial charge < -0.3 is 24.5 Å². The fourth-order valence-corrected chi connectivity index (χ4v) is 7.31. The van der Waals surface area contributed by atoms with Crippen LogP contribution in [0.5, 0.6) is 0 Å². The van der Waals surface area contributed by atoms with Gasteiger partial charge in [0.2, 0.25) is 11.8 Å². The van der Waals surface area contributed by atoms with Crippen LogP contribution >= 0.6 is 0 Å². The smallest absolute Gasteiger partial charge is 0.253 e. The van der Waals surface area contributed by atoms with Crippen molar-refractivity contribution >= 4 is 34.2 Å². The lowest BCUT2D eigenvalue weighted by Crippen LogP contribution is -2.58. The maximum absolute atomic E-state index is 14.8. The van der Waals surface area contributed by atoms with E-state index in [-0.39, 0.29) is 30.9 Å². The highest BCUT2D eigenvalue weighted by Gasteiger charge is 2.72. The molecule has 3 aromatic carbocycles. The Kier molecular flexibility index (Phi) is 6.48. The third-order valence-corrected chi connectivity index (χ3v) is 9.26. The number of hydrogen-bond acceptors (Lipinski definition) is 5. The minimum Gasteiger partial charge on any atom is -0.394 e. The summed E-state index contributed by atoms with van der Waals surface area (Å²) in [6.45, 7) is 0.373. The van der Waals surface area contributed by atoms with Gasteiger partial charge in [-0.2, -0.15) is 0 Å². The molecule has 3 amide bonds. The Morgan fingerprint density at radius 1 is 0.905 bits per heavy atom. The van der Waals surface area contributed by atoms with E-state index < -0.39 is 35.6 Å². The second kappa shape index (κ2) is 10.2. The maximum Gasteiger partial charge on any atom is 0.253 e. The topological polar surface area (TPSA) is 90.4 Å². The Morgan fingerprint density at radius 2 is 1.67 bits per heavy atom. The molecule has 1 N–H and O–H groups in total. The molecule has 6 atom stereocenters. The van der Waals surface area contributed by atoms with Gasteiger partial charge in [-0.15, -0.1) is 0 Å². The van der Waals surface area contributed by atoms with Gasteiger partial charge in [0.05, 0.1) is 30.6 Å². The molecule has 1 unspecified atom stereocenters. The first kappa shape index (κ1) is 26.6. The molecule has 42 heavy (non-hydrogen) atoms. The lowest BCUT2D eigenvalue weighted by atomic mass is 9.77. The van der Waals surface area contributed by atoms with Crippen molar-refractivity contribution in [3.05, 3.63) is 103 Å². The minimum absolute atomic E-state index is 0.180. The number of anilines is 1. The summed E-state index contributed by atoms with van der Waals surface area (Å²) in [5.41, 5.74) is 0.297. The van der Waals surface area contributed by atoms with Crippen LogP contribution in [0.15, 0.2) is 97.1 Å². The summed E-state index contributed by atoms with van der Waals surface area (Å²) in [6, 6.07) is 21.7. The number of hydrogen-bond donors (Lipinski definition) is 1. The first-order chi connectivity index (χ1) is 20.4. The zero-order valence-electron chi connectivity index (χ0n) is 23.4. The summed E-state index contributed by atoms with van der Waals surface area (Å²) in [7, 11) is 1.72. The molecule has 2 saturated heterocycles. The molecule has 0 radical (unpaired) electrons. The van der Waals surface area contributed by atoms with Crippen LogP contribution in [-0.2, 0) is 25.5 Å². The van der Waals surface area contributed by atoms with Crippen LogP contribution in [0.25, 0.3) is 10.8 Å². The van der Waals surface area contributed by atoms with Gasteiger partial charge in [-0.05, 0) is 34.9 Å². The van der Waals surface area contributed by atoms with Gasteiger partial charge in [0.25, 0.3) is 5.91 Å². The number of ether oxygens (including phenoxy) is 1. The van der Waals surface area contributed by atoms with Gasteiger partial charge >= 0.3 is 0 Å². The monoisotopic (exact) mass is 563 g/mol. The molecular weight excluding hydrogens is 530 g/mol. The third-order valence-electron chi connectivity index (χ3n) is 9.26. The molecule has 1 spiro atoms. The lowest BCUT2D eigenvalue weighted by Gasteiger charge is -2.38. The molecule has 214 valence electrons. The van der Waals surface area contributed by atoms with E-state index in [0.717, 1.165) is 16.3 Å². The Labute approximate surface area is 244 Å². The normalized spacial score (nSPS) is 29.4. The number of likely N-dealkylation sites (N-methyl/N-ethyl adjacent to an activating group) is 1. The maximum atomic E-state index is 14.8. The van der Waals surface area contributed by atoms with E-state index in [1.165, 1.54) is 4.90 Å². The Morgan fingerprint density at radius 3 is 2.45 bits per heavy atom. The quantitative estimate of drug-likeness (QED) is 0.483. The van der Waals surface area contributed by atoms with Crippen molar-refractivity contribution in [1.82, 2.24) is 9.80 Å². The van der Waals surface area contributed by atoms with Crippen LogP contribution in [0.1, 0.15) is 5.56 Å². The number of aliphatic hydroxyl groups excluding tert-OH is 1. The van der Waals surface area contributed by atoms with E-state index >= 15 is 0 Å². The standard InChI is InChI=1S/C34H33N3O5/c1-35-17-7-13-27-28(31(35)39)29-32(40)37(26(21-38)19-22-9-3-2-4-10-22)30-33(41)36(18-8-16-34(29,30)42-27)25-15-14-23-11-5-6-12-24(23)20-25/h2-16,20,26-30,38H,17-19,21H2,1H3/t26-,27-,28+,29+,30?,34+/m1/s1. The van der Waals surface area contributed by atoms with Crippen LogP contribution in [0.2, 0.25) is 0 Å². The molecule has 4 aliphatic heterocycles. The highest BCUT2D eigenvalue weighted by atomic mass is 16.5. The summed E-state index contributed by atoms with van der Waals surface area (Å²) in [5.74, 6) is -2.47. The number of benzene rings is 3. The van der Waals surface area contributed by atoms with Gasteiger partial charge in [0, 0.05) is 25.8 Å². The molecule has 2 fully saturated rings. The average molecular weight is 564 g/mol. The van der Waals surface area contributed by atoms with Crippen LogP contribution in [0, 0.1) is 11.8 Å². The lowest BCUT2D eigenvalue weighted by molar-refractivity contribution is -0.146. The number of fused-ring (bicyclic) bond motifs is 3. The highest BCUT2D eigenvalue weighted by Crippen LogP contribution is 2.54. The average Bonchev–Trinajstić information content (AvgIpc) is 3.34. The predicted molar refractivity (Wildman–Crippen MR) is 158 cm³/mol. The molecule has 4 aliphatic rings. The van der Waals surface area contributed by atoms with Crippen molar-refractivity contribution in [2.24, 2.45) is 11.8 Å². The fraction of sp³-hybridized carbons (Fsp3) is 0.324. The van der Waals surface area contributed by atoms with Gasteiger partial charge in [-0.1, -0.05) is 85.0 Å². The molecular formula is C34H33N3O5. The predicted octanol–water partition coefficient (Wildman–Crippen LogP) is 2.96. The number of likely N-dealkylation sites (tertiary alicyclic amines) is 1. The Hall–Kier alpha value is -4.27. The van der Waals surface area contributed by atoms with Crippen molar-refractivity contribution in [1.29, 1.82) is 0 Å². The fourth-order valence-electron chi connectivity index (χ4n) is 7.31. The van der Waals surface area contributed by atoms with E-state index in [4.69, 9.17) is 4.74 Å². The number of carbonyl (C=O) groups is 3. The Bertz CT molecular complexity index is 1620. The van der Waals surface area contributed by atoms with E-state index in [2.05, 4.69) is 0 Å². The number of rotatable bonds is 5. The molecule has 0 saturated carbocycles. The van der Waals surface area contributed by atoms with Gasteiger partial charge in [0.1, 0.15) is 11.6 Å². The summed E-state index contributed by atoms with van der Waals surface area (Å²) in [5, 5.41) is 12.7. The zero-order chi connectivity index (χ0) is 29.0. The van der Waals surface area contributed by atoms with Crippen molar-refractivity contribution in [2.45, 2.75) is 30.2 Å². The highest BCUT2D eigenvalue weighted by molar-refractivity contribution is 6.06. The number of amides is 3. The third kappa shape index (κ3) is 4.01. The largest absolute Gasteiger partial charge is 0.394 e. The second-order valence-corrected chi connectivity index (χ2v) is 11.6. The van der Waals surface area contributed by atoms with Gasteiger partial charge in [-0.3, -0.25) is 14.4 Å². The molecule has 0 bridgehead atoms. The molecule has 3 aromatic rings. The number of carbonyl (C=O) groups excluding carboxylic acids is 3. The van der Waals surface area contributed by atoms with E-state index in [0.29, 0.717) is 18.7 Å². The summed E-state index contributed by atoms with van der Waals surface area (Å²) >= 11 is 0. The second-order valence-electron chi connectivity index (χ2n) is 11.6.